The lowest BCUT2D eigenvalue weighted by molar-refractivity contribution is -0.118. The summed E-state index contributed by atoms with van der Waals surface area (Å²) in [5.41, 5.74) is 2.09. The Kier molecular flexibility index (Phi) is 7.61. The Hall–Kier alpha value is -1.70. The molecule has 1 aliphatic heterocycles. The molecule has 1 aromatic heterocycles. The molecule has 0 spiro atoms. The molecule has 0 aliphatic carbocycles. The van der Waals surface area contributed by atoms with Crippen LogP contribution < -0.4 is 15.4 Å². The first-order chi connectivity index (χ1) is 11.7. The lowest BCUT2D eigenvalue weighted by Crippen LogP contribution is -2.24. The molecule has 1 aromatic carbocycles. The zero-order chi connectivity index (χ0) is 16.8. The SMILES string of the molecule is COc1cccc(SCC(=O)NCc2cc3n(n2)CCCNC3)c1.Cl. The number of amides is 1. The van der Waals surface area contributed by atoms with Crippen molar-refractivity contribution in [2.75, 3.05) is 19.4 Å². The molecule has 2 heterocycles. The van der Waals surface area contributed by atoms with Crippen LogP contribution in [0.25, 0.3) is 0 Å². The van der Waals surface area contributed by atoms with Gasteiger partial charge < -0.3 is 15.4 Å². The maximum atomic E-state index is 12.0. The average molecular weight is 383 g/mol. The van der Waals surface area contributed by atoms with Gasteiger partial charge in [0.25, 0.3) is 0 Å². The number of hydrogen-bond donors (Lipinski definition) is 2. The molecule has 0 saturated carbocycles. The van der Waals surface area contributed by atoms with E-state index in [0.717, 1.165) is 42.4 Å². The maximum Gasteiger partial charge on any atom is 0.230 e. The summed E-state index contributed by atoms with van der Waals surface area (Å²) in [6.45, 7) is 3.27. The van der Waals surface area contributed by atoms with Gasteiger partial charge >= 0.3 is 0 Å². The van der Waals surface area contributed by atoms with E-state index in [9.17, 15) is 4.79 Å². The highest BCUT2D eigenvalue weighted by Crippen LogP contribution is 2.22. The first kappa shape index (κ1) is 19.6. The third kappa shape index (κ3) is 5.66. The average Bonchev–Trinajstić information content (AvgIpc) is 2.87. The van der Waals surface area contributed by atoms with Crippen LogP contribution in [-0.2, 0) is 24.4 Å². The Balaban J connectivity index is 0.00000225. The highest BCUT2D eigenvalue weighted by molar-refractivity contribution is 8.00. The van der Waals surface area contributed by atoms with Gasteiger partial charge in [0, 0.05) is 18.0 Å². The molecular weight excluding hydrogens is 360 g/mol. The molecule has 3 rings (SSSR count). The first-order valence-corrected chi connectivity index (χ1v) is 9.03. The molecule has 0 fully saturated rings. The largest absolute Gasteiger partial charge is 0.497 e. The van der Waals surface area contributed by atoms with Crippen molar-refractivity contribution < 1.29 is 9.53 Å². The zero-order valence-corrected chi connectivity index (χ0v) is 15.8. The number of carbonyl (C=O) groups is 1. The highest BCUT2D eigenvalue weighted by atomic mass is 35.5. The number of nitrogens with zero attached hydrogens (tertiary/aromatic N) is 2. The Morgan fingerprint density at radius 1 is 1.44 bits per heavy atom. The standard InChI is InChI=1S/C17H22N4O2S.ClH/c1-23-15-4-2-5-16(9-15)24-12-17(22)19-10-13-8-14-11-18-6-3-7-21(14)20-13;/h2,4-5,8-9,18H,3,6-7,10-12H2,1H3,(H,19,22);1H. The summed E-state index contributed by atoms with van der Waals surface area (Å²) in [5, 5.41) is 10.9. The Morgan fingerprint density at radius 2 is 2.32 bits per heavy atom. The summed E-state index contributed by atoms with van der Waals surface area (Å²) in [6.07, 6.45) is 1.08. The number of rotatable bonds is 6. The Labute approximate surface area is 158 Å². The van der Waals surface area contributed by atoms with Crippen LogP contribution >= 0.6 is 24.2 Å². The van der Waals surface area contributed by atoms with E-state index >= 15 is 0 Å². The van der Waals surface area contributed by atoms with Crippen LogP contribution in [0.15, 0.2) is 35.2 Å². The number of aryl methyl sites for hydroxylation is 1. The molecule has 2 N–H and O–H groups in total. The molecule has 0 atom stereocenters. The summed E-state index contributed by atoms with van der Waals surface area (Å²) in [5.74, 6) is 1.18. The van der Waals surface area contributed by atoms with Gasteiger partial charge in [-0.2, -0.15) is 5.10 Å². The quantitative estimate of drug-likeness (QED) is 0.750. The van der Waals surface area contributed by atoms with Gasteiger partial charge in [0.15, 0.2) is 0 Å². The number of fused-ring (bicyclic) bond motifs is 1. The Morgan fingerprint density at radius 3 is 3.16 bits per heavy atom. The van der Waals surface area contributed by atoms with E-state index in [1.54, 1.807) is 7.11 Å². The molecule has 136 valence electrons. The van der Waals surface area contributed by atoms with E-state index in [0.29, 0.717) is 12.3 Å². The van der Waals surface area contributed by atoms with E-state index in [1.807, 2.05) is 28.9 Å². The van der Waals surface area contributed by atoms with Gasteiger partial charge in [-0.3, -0.25) is 9.48 Å². The summed E-state index contributed by atoms with van der Waals surface area (Å²) in [4.78, 5) is 13.1. The topological polar surface area (TPSA) is 68.2 Å². The van der Waals surface area contributed by atoms with Gasteiger partial charge in [-0.05, 0) is 37.2 Å². The number of methoxy groups -OCH3 is 1. The monoisotopic (exact) mass is 382 g/mol. The van der Waals surface area contributed by atoms with Crippen molar-refractivity contribution in [3.8, 4) is 5.75 Å². The highest BCUT2D eigenvalue weighted by Gasteiger charge is 2.11. The van der Waals surface area contributed by atoms with E-state index in [4.69, 9.17) is 4.74 Å². The van der Waals surface area contributed by atoms with Crippen LogP contribution in [0.3, 0.4) is 0 Å². The minimum atomic E-state index is 0. The number of carbonyl (C=O) groups excluding carboxylic acids is 1. The Bertz CT molecular complexity index is 684. The maximum absolute atomic E-state index is 12.0. The van der Waals surface area contributed by atoms with Crippen molar-refractivity contribution in [1.82, 2.24) is 20.4 Å². The van der Waals surface area contributed by atoms with Crippen molar-refractivity contribution in [1.29, 1.82) is 0 Å². The molecule has 8 heteroatoms. The summed E-state index contributed by atoms with van der Waals surface area (Å²) in [7, 11) is 1.64. The molecule has 2 aromatic rings. The van der Waals surface area contributed by atoms with Crippen molar-refractivity contribution >= 4 is 30.1 Å². The van der Waals surface area contributed by atoms with E-state index < -0.39 is 0 Å². The molecule has 1 amide bonds. The lowest BCUT2D eigenvalue weighted by atomic mass is 10.3. The van der Waals surface area contributed by atoms with Crippen LogP contribution in [0.2, 0.25) is 0 Å². The van der Waals surface area contributed by atoms with Crippen LogP contribution in [0, 0.1) is 0 Å². The zero-order valence-electron chi connectivity index (χ0n) is 14.2. The van der Waals surface area contributed by atoms with Crippen molar-refractivity contribution in [2.24, 2.45) is 0 Å². The fourth-order valence-corrected chi connectivity index (χ4v) is 3.36. The second-order valence-electron chi connectivity index (χ2n) is 5.62. The van der Waals surface area contributed by atoms with Crippen molar-refractivity contribution in [3.63, 3.8) is 0 Å². The fraction of sp³-hybridized carbons (Fsp3) is 0.412. The number of nitrogens with one attached hydrogen (secondary N) is 2. The number of ether oxygens (including phenoxy) is 1. The molecule has 0 unspecified atom stereocenters. The minimum Gasteiger partial charge on any atom is -0.497 e. The van der Waals surface area contributed by atoms with Gasteiger partial charge in [0.2, 0.25) is 5.91 Å². The van der Waals surface area contributed by atoms with Gasteiger partial charge in [-0.1, -0.05) is 6.07 Å². The third-order valence-corrected chi connectivity index (χ3v) is 4.82. The van der Waals surface area contributed by atoms with Gasteiger partial charge in [0.1, 0.15) is 5.75 Å². The van der Waals surface area contributed by atoms with E-state index in [2.05, 4.69) is 21.8 Å². The van der Waals surface area contributed by atoms with Gasteiger partial charge in [0.05, 0.1) is 30.8 Å². The predicted molar refractivity (Wildman–Crippen MR) is 101 cm³/mol. The van der Waals surface area contributed by atoms with Crippen LogP contribution in [0.1, 0.15) is 17.8 Å². The molecule has 0 radical (unpaired) electrons. The van der Waals surface area contributed by atoms with Gasteiger partial charge in [-0.25, -0.2) is 0 Å². The molecular formula is C17H23ClN4O2S. The normalized spacial score (nSPS) is 13.3. The smallest absolute Gasteiger partial charge is 0.230 e. The number of halogens is 1. The van der Waals surface area contributed by atoms with Crippen molar-refractivity contribution in [3.05, 3.63) is 41.7 Å². The second-order valence-corrected chi connectivity index (χ2v) is 6.67. The summed E-state index contributed by atoms with van der Waals surface area (Å²) >= 11 is 1.50. The molecule has 6 nitrogen and oxygen atoms in total. The third-order valence-electron chi connectivity index (χ3n) is 3.82. The number of thioether (sulfide) groups is 1. The number of hydrogen-bond acceptors (Lipinski definition) is 5. The lowest BCUT2D eigenvalue weighted by Gasteiger charge is -2.05. The number of aromatic nitrogens is 2. The first-order valence-electron chi connectivity index (χ1n) is 8.04. The predicted octanol–water partition coefficient (Wildman–Crippen LogP) is 2.22. The van der Waals surface area contributed by atoms with Crippen LogP contribution in [0.5, 0.6) is 5.75 Å². The molecule has 25 heavy (non-hydrogen) atoms. The minimum absolute atomic E-state index is 0. The van der Waals surface area contributed by atoms with Crippen LogP contribution in [-0.4, -0.2) is 35.1 Å². The van der Waals surface area contributed by atoms with E-state index in [1.165, 1.54) is 17.5 Å². The fourth-order valence-electron chi connectivity index (χ4n) is 2.59. The van der Waals surface area contributed by atoms with E-state index in [-0.39, 0.29) is 18.3 Å². The summed E-state index contributed by atoms with van der Waals surface area (Å²) in [6, 6.07) is 9.78. The molecule has 1 aliphatic rings. The second kappa shape index (κ2) is 9.70. The molecule has 0 bridgehead atoms. The molecule has 0 saturated heterocycles. The number of benzene rings is 1. The van der Waals surface area contributed by atoms with Crippen molar-refractivity contribution in [2.45, 2.75) is 31.0 Å². The summed E-state index contributed by atoms with van der Waals surface area (Å²) < 4.78 is 7.22. The van der Waals surface area contributed by atoms with Crippen LogP contribution in [0.4, 0.5) is 0 Å². The van der Waals surface area contributed by atoms with Gasteiger partial charge in [-0.15, -0.1) is 24.2 Å².